The maximum absolute atomic E-state index is 12.7. The molecule has 0 radical (unpaired) electrons. The van der Waals surface area contributed by atoms with E-state index in [0.29, 0.717) is 12.1 Å². The topological polar surface area (TPSA) is 63.4 Å². The fourth-order valence-corrected chi connectivity index (χ4v) is 3.41. The highest BCUT2D eigenvalue weighted by Crippen LogP contribution is 2.34. The number of amides is 1. The normalized spacial score (nSPS) is 14.1. The Labute approximate surface area is 132 Å². The van der Waals surface area contributed by atoms with Crippen LogP contribution in [0.4, 0.5) is 11.4 Å². The average Bonchev–Trinajstić information content (AvgIpc) is 2.76. The molecule has 0 unspecified atom stereocenters. The minimum Gasteiger partial charge on any atom is -0.307 e. The fraction of sp³-hybridized carbons (Fsp3) is 0.188. The molecule has 0 saturated carbocycles. The number of benzene rings is 2. The van der Waals surface area contributed by atoms with Crippen LogP contribution >= 0.6 is 11.8 Å². The van der Waals surface area contributed by atoms with Gasteiger partial charge in [-0.3, -0.25) is 14.9 Å². The standard InChI is InChI=1S/C16H14N2O3S/c19-16(12-6-8-13(9-7-12)18(20)21)17-10-3-11-22-15-5-2-1-4-14(15)17/h1-2,4-9H,3,10-11H2. The summed E-state index contributed by atoms with van der Waals surface area (Å²) >= 11 is 1.75. The van der Waals surface area contributed by atoms with Gasteiger partial charge in [-0.2, -0.15) is 0 Å². The van der Waals surface area contributed by atoms with E-state index < -0.39 is 4.92 Å². The van der Waals surface area contributed by atoms with Gasteiger partial charge in [0.25, 0.3) is 11.6 Å². The number of fused-ring (bicyclic) bond motifs is 1. The van der Waals surface area contributed by atoms with Crippen molar-refractivity contribution in [2.24, 2.45) is 0 Å². The number of anilines is 1. The minimum atomic E-state index is -0.466. The SMILES string of the molecule is O=C(c1ccc([N+](=O)[O-])cc1)N1CCCSc2ccccc21. The lowest BCUT2D eigenvalue weighted by Crippen LogP contribution is -2.31. The Bertz CT molecular complexity index is 716. The molecule has 0 N–H and O–H groups in total. The smallest absolute Gasteiger partial charge is 0.269 e. The second-order valence-corrected chi connectivity index (χ2v) is 6.07. The van der Waals surface area contributed by atoms with Crippen molar-refractivity contribution in [1.29, 1.82) is 0 Å². The largest absolute Gasteiger partial charge is 0.307 e. The molecule has 0 aliphatic carbocycles. The molecule has 1 amide bonds. The monoisotopic (exact) mass is 314 g/mol. The van der Waals surface area contributed by atoms with Gasteiger partial charge in [0.1, 0.15) is 0 Å². The molecule has 2 aromatic carbocycles. The number of rotatable bonds is 2. The van der Waals surface area contributed by atoms with Gasteiger partial charge in [-0.15, -0.1) is 11.8 Å². The molecule has 1 aliphatic rings. The summed E-state index contributed by atoms with van der Waals surface area (Å²) in [5, 5.41) is 10.7. The zero-order valence-electron chi connectivity index (χ0n) is 11.8. The Hall–Kier alpha value is -2.34. The van der Waals surface area contributed by atoms with E-state index in [1.54, 1.807) is 16.7 Å². The summed E-state index contributed by atoms with van der Waals surface area (Å²) in [4.78, 5) is 25.8. The number of thioether (sulfide) groups is 1. The number of nitro groups is 1. The number of nitro benzene ring substituents is 1. The zero-order valence-corrected chi connectivity index (χ0v) is 12.6. The van der Waals surface area contributed by atoms with E-state index in [2.05, 4.69) is 0 Å². The average molecular weight is 314 g/mol. The number of carbonyl (C=O) groups excluding carboxylic acids is 1. The third-order valence-corrected chi connectivity index (χ3v) is 4.66. The molecule has 3 rings (SSSR count). The van der Waals surface area contributed by atoms with Crippen molar-refractivity contribution in [3.8, 4) is 0 Å². The van der Waals surface area contributed by atoms with E-state index in [-0.39, 0.29) is 11.6 Å². The van der Waals surface area contributed by atoms with Crippen molar-refractivity contribution in [3.63, 3.8) is 0 Å². The Morgan fingerprint density at radius 3 is 2.59 bits per heavy atom. The molecule has 0 bridgehead atoms. The van der Waals surface area contributed by atoms with Crippen molar-refractivity contribution < 1.29 is 9.72 Å². The summed E-state index contributed by atoms with van der Waals surface area (Å²) in [6.07, 6.45) is 0.915. The number of hydrogen-bond donors (Lipinski definition) is 0. The quantitative estimate of drug-likeness (QED) is 0.626. The number of para-hydroxylation sites is 1. The first kappa shape index (κ1) is 14.6. The Kier molecular flexibility index (Phi) is 4.11. The maximum Gasteiger partial charge on any atom is 0.269 e. The van der Waals surface area contributed by atoms with Crippen LogP contribution in [0.5, 0.6) is 0 Å². The molecule has 2 aromatic rings. The first-order valence-electron chi connectivity index (χ1n) is 6.95. The third-order valence-electron chi connectivity index (χ3n) is 3.51. The van der Waals surface area contributed by atoms with Crippen LogP contribution in [0.2, 0.25) is 0 Å². The van der Waals surface area contributed by atoms with E-state index in [4.69, 9.17) is 0 Å². The number of carbonyl (C=O) groups is 1. The molecule has 1 heterocycles. The van der Waals surface area contributed by atoms with Gasteiger partial charge in [0, 0.05) is 29.1 Å². The molecule has 6 heteroatoms. The van der Waals surface area contributed by atoms with Crippen LogP contribution in [0.15, 0.2) is 53.4 Å². The predicted octanol–water partition coefficient (Wildman–Crippen LogP) is 3.74. The number of hydrogen-bond acceptors (Lipinski definition) is 4. The molecule has 0 spiro atoms. The summed E-state index contributed by atoms with van der Waals surface area (Å²) < 4.78 is 0. The van der Waals surface area contributed by atoms with Gasteiger partial charge in [0.05, 0.1) is 10.6 Å². The van der Waals surface area contributed by atoms with Crippen LogP contribution in [0.1, 0.15) is 16.8 Å². The molecule has 22 heavy (non-hydrogen) atoms. The first-order chi connectivity index (χ1) is 10.7. The lowest BCUT2D eigenvalue weighted by molar-refractivity contribution is -0.384. The van der Waals surface area contributed by atoms with Crippen LogP contribution in [-0.4, -0.2) is 23.1 Å². The lowest BCUT2D eigenvalue weighted by Gasteiger charge is -2.22. The van der Waals surface area contributed by atoms with E-state index in [1.807, 2.05) is 24.3 Å². The molecular formula is C16H14N2O3S. The number of nitrogens with zero attached hydrogens (tertiary/aromatic N) is 2. The highest BCUT2D eigenvalue weighted by atomic mass is 32.2. The van der Waals surface area contributed by atoms with Crippen LogP contribution in [0.3, 0.4) is 0 Å². The first-order valence-corrected chi connectivity index (χ1v) is 7.93. The summed E-state index contributed by atoms with van der Waals surface area (Å²) in [5.74, 6) is 0.853. The van der Waals surface area contributed by atoms with Crippen LogP contribution in [0.25, 0.3) is 0 Å². The molecule has 112 valence electrons. The van der Waals surface area contributed by atoms with Crippen LogP contribution < -0.4 is 4.90 Å². The highest BCUT2D eigenvalue weighted by molar-refractivity contribution is 7.99. The molecule has 0 atom stereocenters. The van der Waals surface area contributed by atoms with Gasteiger partial charge in [-0.1, -0.05) is 12.1 Å². The van der Waals surface area contributed by atoms with Crippen molar-refractivity contribution in [2.45, 2.75) is 11.3 Å². The lowest BCUT2D eigenvalue weighted by atomic mass is 10.1. The predicted molar refractivity (Wildman–Crippen MR) is 86.6 cm³/mol. The van der Waals surface area contributed by atoms with Gasteiger partial charge in [0.2, 0.25) is 0 Å². The van der Waals surface area contributed by atoms with E-state index >= 15 is 0 Å². The molecule has 0 saturated heterocycles. The summed E-state index contributed by atoms with van der Waals surface area (Å²) in [6, 6.07) is 13.6. The van der Waals surface area contributed by atoms with Gasteiger partial charge < -0.3 is 4.90 Å². The van der Waals surface area contributed by atoms with Gasteiger partial charge in [-0.25, -0.2) is 0 Å². The second-order valence-electron chi connectivity index (χ2n) is 4.93. The van der Waals surface area contributed by atoms with Crippen molar-refractivity contribution in [1.82, 2.24) is 0 Å². The Balaban J connectivity index is 1.93. The van der Waals surface area contributed by atoms with Crippen molar-refractivity contribution >= 4 is 29.0 Å². The summed E-state index contributed by atoms with van der Waals surface area (Å²) in [5.41, 5.74) is 1.36. The highest BCUT2D eigenvalue weighted by Gasteiger charge is 2.22. The van der Waals surface area contributed by atoms with Gasteiger partial charge in [-0.05, 0) is 36.4 Å². The Morgan fingerprint density at radius 2 is 1.86 bits per heavy atom. The van der Waals surface area contributed by atoms with Gasteiger partial charge >= 0.3 is 0 Å². The zero-order chi connectivity index (χ0) is 15.5. The van der Waals surface area contributed by atoms with E-state index in [1.165, 1.54) is 24.3 Å². The van der Waals surface area contributed by atoms with Crippen LogP contribution in [-0.2, 0) is 0 Å². The molecule has 0 fully saturated rings. The summed E-state index contributed by atoms with van der Waals surface area (Å²) in [6.45, 7) is 0.653. The summed E-state index contributed by atoms with van der Waals surface area (Å²) in [7, 11) is 0. The molecule has 1 aliphatic heterocycles. The van der Waals surface area contributed by atoms with E-state index in [9.17, 15) is 14.9 Å². The fourth-order valence-electron chi connectivity index (χ4n) is 2.42. The third kappa shape index (κ3) is 2.82. The number of non-ortho nitro benzene ring substituents is 1. The van der Waals surface area contributed by atoms with E-state index in [0.717, 1.165) is 22.8 Å². The molecular weight excluding hydrogens is 300 g/mol. The minimum absolute atomic E-state index is 0.0108. The van der Waals surface area contributed by atoms with Gasteiger partial charge in [0.15, 0.2) is 0 Å². The second kappa shape index (κ2) is 6.19. The van der Waals surface area contributed by atoms with Crippen molar-refractivity contribution in [3.05, 3.63) is 64.2 Å². The van der Waals surface area contributed by atoms with Crippen molar-refractivity contribution in [2.75, 3.05) is 17.2 Å². The maximum atomic E-state index is 12.7. The molecule has 0 aromatic heterocycles. The Morgan fingerprint density at radius 1 is 1.14 bits per heavy atom. The molecule has 5 nitrogen and oxygen atoms in total. The van der Waals surface area contributed by atoms with Crippen LogP contribution in [0, 0.1) is 10.1 Å².